The van der Waals surface area contributed by atoms with Crippen LogP contribution >= 0.6 is 11.6 Å². The van der Waals surface area contributed by atoms with Crippen molar-refractivity contribution in [2.45, 2.75) is 0 Å². The van der Waals surface area contributed by atoms with Crippen LogP contribution in [0.4, 0.5) is 11.6 Å². The summed E-state index contributed by atoms with van der Waals surface area (Å²) in [4.78, 5) is 24.2. The Morgan fingerprint density at radius 2 is 1.68 bits per heavy atom. The van der Waals surface area contributed by atoms with Crippen LogP contribution in [0.25, 0.3) is 11.3 Å². The highest BCUT2D eigenvalue weighted by Crippen LogP contribution is 2.28. The largest absolute Gasteiger partial charge is 0.496 e. The van der Waals surface area contributed by atoms with Crippen LogP contribution in [0, 0.1) is 0 Å². The first kappa shape index (κ1) is 18.4. The zero-order chi connectivity index (χ0) is 19.5. The minimum atomic E-state index is -0.175. The molecular weight excluding hydrogens is 376 g/mol. The summed E-state index contributed by atoms with van der Waals surface area (Å²) in [5.74, 6) is 1.28. The van der Waals surface area contributed by atoms with Gasteiger partial charge in [-0.2, -0.15) is 0 Å². The third-order valence-electron chi connectivity index (χ3n) is 4.88. The van der Waals surface area contributed by atoms with Gasteiger partial charge in [0.05, 0.1) is 12.8 Å². The summed E-state index contributed by atoms with van der Waals surface area (Å²) in [5, 5.41) is 0.734. The van der Waals surface area contributed by atoms with Gasteiger partial charge in [0.15, 0.2) is 0 Å². The summed E-state index contributed by atoms with van der Waals surface area (Å²) < 4.78 is 5.41. The van der Waals surface area contributed by atoms with E-state index in [4.69, 9.17) is 21.3 Å². The topological polar surface area (TPSA) is 61.5 Å². The Bertz CT molecular complexity index is 1010. The quantitative estimate of drug-likeness (QED) is 0.732. The van der Waals surface area contributed by atoms with E-state index in [1.807, 2.05) is 48.5 Å². The van der Waals surface area contributed by atoms with Crippen molar-refractivity contribution in [3.63, 3.8) is 0 Å². The predicted molar refractivity (Wildman–Crippen MR) is 113 cm³/mol. The fourth-order valence-electron chi connectivity index (χ4n) is 3.42. The predicted octanol–water partition coefficient (Wildman–Crippen LogP) is 3.43. The van der Waals surface area contributed by atoms with Gasteiger partial charge in [0.2, 0.25) is 5.95 Å². The van der Waals surface area contributed by atoms with Gasteiger partial charge in [0, 0.05) is 48.5 Å². The number of piperazine rings is 1. The smallest absolute Gasteiger partial charge is 0.252 e. The van der Waals surface area contributed by atoms with Crippen LogP contribution in [-0.4, -0.2) is 43.3 Å². The van der Waals surface area contributed by atoms with Crippen molar-refractivity contribution in [1.82, 2.24) is 9.97 Å². The van der Waals surface area contributed by atoms with E-state index in [2.05, 4.69) is 14.8 Å². The first-order valence-electron chi connectivity index (χ1n) is 9.14. The van der Waals surface area contributed by atoms with E-state index in [-0.39, 0.29) is 5.56 Å². The van der Waals surface area contributed by atoms with Crippen LogP contribution in [-0.2, 0) is 0 Å². The van der Waals surface area contributed by atoms with Gasteiger partial charge in [-0.25, -0.2) is 4.98 Å². The molecule has 3 aromatic rings. The molecule has 2 heterocycles. The van der Waals surface area contributed by atoms with Crippen LogP contribution in [0.2, 0.25) is 5.02 Å². The van der Waals surface area contributed by atoms with E-state index in [9.17, 15) is 4.79 Å². The van der Waals surface area contributed by atoms with Crippen LogP contribution in [0.3, 0.4) is 0 Å². The molecule has 7 heteroatoms. The second-order valence-electron chi connectivity index (χ2n) is 6.61. The zero-order valence-electron chi connectivity index (χ0n) is 15.6. The van der Waals surface area contributed by atoms with Crippen molar-refractivity contribution in [3.05, 3.63) is 70.0 Å². The average molecular weight is 397 g/mol. The minimum Gasteiger partial charge on any atom is -0.496 e. The molecule has 1 fully saturated rings. The molecule has 1 N–H and O–H groups in total. The number of halogens is 1. The van der Waals surface area contributed by atoms with Gasteiger partial charge >= 0.3 is 0 Å². The number of aromatic nitrogens is 2. The van der Waals surface area contributed by atoms with Gasteiger partial charge in [-0.15, -0.1) is 0 Å². The second kappa shape index (κ2) is 7.94. The second-order valence-corrected chi connectivity index (χ2v) is 7.04. The number of nitrogens with zero attached hydrogens (tertiary/aromatic N) is 3. The molecule has 1 aromatic heterocycles. The molecular formula is C21H21ClN4O2. The molecule has 0 spiro atoms. The number of methoxy groups -OCH3 is 1. The Kier molecular flexibility index (Phi) is 5.21. The highest BCUT2D eigenvalue weighted by molar-refractivity contribution is 6.30. The zero-order valence-corrected chi connectivity index (χ0v) is 16.3. The number of benzene rings is 2. The Balaban J connectivity index is 1.55. The Labute approximate surface area is 168 Å². The van der Waals surface area contributed by atoms with Crippen molar-refractivity contribution in [2.75, 3.05) is 43.1 Å². The van der Waals surface area contributed by atoms with Crippen LogP contribution in [0.15, 0.2) is 59.4 Å². The lowest BCUT2D eigenvalue weighted by molar-refractivity contribution is 0.416. The fraction of sp³-hybridized carbons (Fsp3) is 0.238. The van der Waals surface area contributed by atoms with E-state index < -0.39 is 0 Å². The lowest BCUT2D eigenvalue weighted by Gasteiger charge is -2.36. The number of aromatic amines is 1. The molecule has 0 radical (unpaired) electrons. The van der Waals surface area contributed by atoms with Crippen molar-refractivity contribution < 1.29 is 4.74 Å². The summed E-state index contributed by atoms with van der Waals surface area (Å²) in [5.41, 5.74) is 2.38. The molecule has 0 saturated carbocycles. The molecule has 6 nitrogen and oxygen atoms in total. The van der Waals surface area contributed by atoms with Crippen molar-refractivity contribution in [1.29, 1.82) is 0 Å². The third-order valence-corrected chi connectivity index (χ3v) is 5.14. The van der Waals surface area contributed by atoms with Crippen LogP contribution in [0.1, 0.15) is 0 Å². The van der Waals surface area contributed by atoms with E-state index in [1.54, 1.807) is 7.11 Å². The molecule has 0 unspecified atom stereocenters. The van der Waals surface area contributed by atoms with Gasteiger partial charge in [0.1, 0.15) is 5.75 Å². The Morgan fingerprint density at radius 3 is 2.39 bits per heavy atom. The average Bonchev–Trinajstić information content (AvgIpc) is 2.74. The van der Waals surface area contributed by atoms with E-state index in [1.165, 1.54) is 6.07 Å². The third kappa shape index (κ3) is 3.82. The van der Waals surface area contributed by atoms with Crippen molar-refractivity contribution >= 4 is 23.2 Å². The van der Waals surface area contributed by atoms with Crippen molar-refractivity contribution in [3.8, 4) is 17.0 Å². The summed E-state index contributed by atoms with van der Waals surface area (Å²) >= 11 is 5.98. The number of para-hydroxylation sites is 1. The maximum Gasteiger partial charge on any atom is 0.252 e. The molecule has 0 amide bonds. The van der Waals surface area contributed by atoms with E-state index in [0.29, 0.717) is 17.4 Å². The number of H-pyrrole nitrogens is 1. The van der Waals surface area contributed by atoms with Crippen LogP contribution < -0.4 is 20.1 Å². The summed E-state index contributed by atoms with van der Waals surface area (Å²) in [6.07, 6.45) is 0. The number of hydrogen-bond acceptors (Lipinski definition) is 5. The first-order valence-corrected chi connectivity index (χ1v) is 9.52. The summed E-state index contributed by atoms with van der Waals surface area (Å²) in [7, 11) is 1.61. The summed E-state index contributed by atoms with van der Waals surface area (Å²) in [6.45, 7) is 3.20. The van der Waals surface area contributed by atoms with Crippen LogP contribution in [0.5, 0.6) is 5.75 Å². The number of rotatable bonds is 4. The molecule has 4 rings (SSSR count). The Hall–Kier alpha value is -2.99. The molecule has 0 aliphatic carbocycles. The number of hydrogen-bond donors (Lipinski definition) is 1. The molecule has 2 aromatic carbocycles. The molecule has 28 heavy (non-hydrogen) atoms. The summed E-state index contributed by atoms with van der Waals surface area (Å²) in [6, 6.07) is 16.9. The maximum absolute atomic E-state index is 12.3. The number of anilines is 2. The molecule has 144 valence electrons. The molecule has 1 aliphatic rings. The molecule has 0 atom stereocenters. The lowest BCUT2D eigenvalue weighted by atomic mass is 10.1. The van der Waals surface area contributed by atoms with Gasteiger partial charge in [-0.3, -0.25) is 9.78 Å². The minimum absolute atomic E-state index is 0.175. The van der Waals surface area contributed by atoms with Gasteiger partial charge in [-0.1, -0.05) is 23.7 Å². The molecule has 0 bridgehead atoms. The monoisotopic (exact) mass is 396 g/mol. The highest BCUT2D eigenvalue weighted by Gasteiger charge is 2.20. The van der Waals surface area contributed by atoms with E-state index in [0.717, 1.165) is 42.5 Å². The normalized spacial score (nSPS) is 14.2. The number of nitrogens with one attached hydrogen (secondary N) is 1. The van der Waals surface area contributed by atoms with Gasteiger partial charge in [0.25, 0.3) is 5.56 Å². The van der Waals surface area contributed by atoms with Gasteiger partial charge in [-0.05, 0) is 36.4 Å². The number of ether oxygens (including phenoxy) is 1. The highest BCUT2D eigenvalue weighted by atomic mass is 35.5. The fourth-order valence-corrected chi connectivity index (χ4v) is 3.54. The maximum atomic E-state index is 12.3. The van der Waals surface area contributed by atoms with Gasteiger partial charge < -0.3 is 14.5 Å². The molecule has 1 aliphatic heterocycles. The standard InChI is InChI=1S/C21H21ClN4O2/c1-28-19-5-3-2-4-17(19)18-14-20(27)24-21(23-18)26-12-10-25(11-13-26)16-8-6-15(22)7-9-16/h2-9,14H,10-13H2,1H3,(H,23,24,27). The SMILES string of the molecule is COc1ccccc1-c1cc(=O)[nH]c(N2CCN(c3ccc(Cl)cc3)CC2)n1. The lowest BCUT2D eigenvalue weighted by Crippen LogP contribution is -2.47. The first-order chi connectivity index (χ1) is 13.6. The van der Waals surface area contributed by atoms with E-state index >= 15 is 0 Å². The van der Waals surface area contributed by atoms with Crippen molar-refractivity contribution in [2.24, 2.45) is 0 Å². The Morgan fingerprint density at radius 1 is 1.00 bits per heavy atom. The molecule has 1 saturated heterocycles.